The molecule has 586 valence electrons. The smallest absolute Gasteiger partial charge is 0.497 e. The van der Waals surface area contributed by atoms with Gasteiger partial charge < -0.3 is 60.5 Å². The van der Waals surface area contributed by atoms with Crippen molar-refractivity contribution in [2.24, 2.45) is 0 Å². The van der Waals surface area contributed by atoms with E-state index in [0.29, 0.717) is 91.2 Å². The highest BCUT2D eigenvalue weighted by molar-refractivity contribution is 9.10. The standard InChI is InChI=1S/C26H32F2N2O4.C21H24F2N2O2.C17H23BFNO4.C15H21BrFNO2.2ClH/c1-5-21-17-30(25(32)33-21)20-11-12-22(23(28)15-20)19-9-7-18(8-10-19)16-29(14-6-13-27)24(31)34-26(2,3)4;1-2-18-14-25(21(26)27-18)17-8-9-19(20(23)12-17)16-6-4-15(5-7-16)13-24-11-3-10-22;1-6-12-10-20(15(21)22-12)11-7-8-13(14(19)9-11)18-23-16(2,3)17(4,5)24-18;1-15(2,3)20-14(19)18(10-4-9-17)11-12-5-7-13(16)8-6-12;;/h7-12,15,21H,5-6,13-14,16-17H2,1-4H3;4-9,12,18,24H,2-3,10-11,13-14H2,1H3;7-9,12H,6,10H2,1-5H3;5-8H,4,9-11H2,1-3H3;2*1H/t21-;18-;12-;;;/m000.../s1. The van der Waals surface area contributed by atoms with E-state index < -0.39 is 85.0 Å². The van der Waals surface area contributed by atoms with Crippen LogP contribution in [-0.4, -0.2) is 147 Å². The maximum atomic E-state index is 14.9. The van der Waals surface area contributed by atoms with Crippen LogP contribution in [0.1, 0.15) is 145 Å². The molecule has 5 amide bonds. The van der Waals surface area contributed by atoms with Crippen LogP contribution in [0.25, 0.3) is 22.3 Å². The molecule has 4 aliphatic rings. The first-order chi connectivity index (χ1) is 49.7. The molecule has 107 heavy (non-hydrogen) atoms. The first-order valence-electron chi connectivity index (χ1n) is 35.8. The number of ether oxygens (including phenoxy) is 5. The minimum Gasteiger partial charge on any atom is -1.00 e. The summed E-state index contributed by atoms with van der Waals surface area (Å²) in [4.78, 5) is 67.8. The minimum absolute atomic E-state index is 0. The molecule has 0 radical (unpaired) electrons. The van der Waals surface area contributed by atoms with E-state index in [2.05, 4.69) is 21.2 Å². The number of alkyl halides is 3. The van der Waals surface area contributed by atoms with Crippen LogP contribution < -0.4 is 37.9 Å². The molecular formula is C79H102BBrCl2F6N6O12. The predicted octanol–water partition coefficient (Wildman–Crippen LogP) is 14.8. The van der Waals surface area contributed by atoms with Crippen molar-refractivity contribution >= 4 is 88.4 Å². The summed E-state index contributed by atoms with van der Waals surface area (Å²) in [6.07, 6.45) is 0.536. The Kier molecular flexibility index (Phi) is 34.6. The quantitative estimate of drug-likeness (QED) is 0.0262. The van der Waals surface area contributed by atoms with Crippen molar-refractivity contribution in [3.05, 3.63) is 166 Å². The van der Waals surface area contributed by atoms with E-state index in [1.165, 1.54) is 42.7 Å². The van der Waals surface area contributed by atoms with Crippen LogP contribution in [0.4, 0.5) is 67.4 Å². The molecule has 0 spiro atoms. The second-order valence-electron chi connectivity index (χ2n) is 28.9. The lowest BCUT2D eigenvalue weighted by atomic mass is 9.78. The van der Waals surface area contributed by atoms with Crippen molar-refractivity contribution in [2.45, 2.75) is 189 Å². The van der Waals surface area contributed by atoms with Gasteiger partial charge in [-0.05, 0) is 184 Å². The van der Waals surface area contributed by atoms with Gasteiger partial charge in [0.2, 0.25) is 0 Å². The van der Waals surface area contributed by atoms with Crippen LogP contribution in [0.2, 0.25) is 0 Å². The summed E-state index contributed by atoms with van der Waals surface area (Å²) in [5.74, 6) is -1.28. The van der Waals surface area contributed by atoms with E-state index in [1.54, 1.807) is 81.4 Å². The summed E-state index contributed by atoms with van der Waals surface area (Å²) in [7, 11) is -0.766. The van der Waals surface area contributed by atoms with Crippen molar-refractivity contribution in [1.82, 2.24) is 9.80 Å². The maximum Gasteiger partial charge on any atom is 0.497 e. The zero-order valence-corrected chi connectivity index (χ0v) is 66.5. The van der Waals surface area contributed by atoms with Gasteiger partial charge in [0.25, 0.3) is 0 Å². The molecule has 4 heterocycles. The summed E-state index contributed by atoms with van der Waals surface area (Å²) in [5.41, 5.74) is 4.76. The Morgan fingerprint density at radius 2 is 0.879 bits per heavy atom. The highest BCUT2D eigenvalue weighted by Crippen LogP contribution is 2.38. The molecule has 28 heteroatoms. The normalized spacial score (nSPS) is 17.0. The average Bonchev–Trinajstić information content (AvgIpc) is 1.61. The number of carbonyl (C=O) groups excluding carboxylic acids is 5. The van der Waals surface area contributed by atoms with Gasteiger partial charge in [-0.15, -0.1) is 12.4 Å². The van der Waals surface area contributed by atoms with E-state index in [4.69, 9.17) is 33.0 Å². The number of carbonyl (C=O) groups is 5. The summed E-state index contributed by atoms with van der Waals surface area (Å²) in [6.45, 7) is 27.1. The summed E-state index contributed by atoms with van der Waals surface area (Å²) in [5, 5.41) is 2.06. The van der Waals surface area contributed by atoms with Gasteiger partial charge in [0.1, 0.15) is 53.5 Å². The molecule has 0 saturated carbocycles. The number of rotatable bonds is 24. The van der Waals surface area contributed by atoms with Gasteiger partial charge >= 0.3 is 37.6 Å². The first kappa shape index (κ1) is 89.9. The highest BCUT2D eigenvalue weighted by atomic mass is 79.9. The molecule has 10 rings (SSSR count). The van der Waals surface area contributed by atoms with Crippen LogP contribution in [0, 0.1) is 17.5 Å². The fourth-order valence-electron chi connectivity index (χ4n) is 11.2. The number of amides is 5. The second-order valence-corrected chi connectivity index (χ2v) is 29.8. The number of quaternary nitrogens is 1. The second kappa shape index (κ2) is 41.2. The zero-order chi connectivity index (χ0) is 77.0. The Hall–Kier alpha value is -7.75. The Balaban J connectivity index is 0.000000259. The largest absolute Gasteiger partial charge is 1.00 e. The number of anilines is 3. The summed E-state index contributed by atoms with van der Waals surface area (Å²) < 4.78 is 121. The molecule has 6 aromatic rings. The molecule has 0 aliphatic carbocycles. The van der Waals surface area contributed by atoms with Gasteiger partial charge in [-0.1, -0.05) is 103 Å². The highest BCUT2D eigenvalue weighted by Gasteiger charge is 2.52. The number of nitrogens with zero attached hydrogens (tertiary/aromatic N) is 5. The lowest BCUT2D eigenvalue weighted by molar-refractivity contribution is -0.670. The molecule has 0 unspecified atom stereocenters. The average molecular weight is 1600 g/mol. The summed E-state index contributed by atoms with van der Waals surface area (Å²) in [6, 6.07) is 36.7. The molecule has 18 nitrogen and oxygen atoms in total. The van der Waals surface area contributed by atoms with Gasteiger partial charge in [-0.25, -0.2) is 37.1 Å². The van der Waals surface area contributed by atoms with E-state index in [9.17, 15) is 50.3 Å². The fraction of sp³-hybridized carbons (Fsp3) is 0.481. The van der Waals surface area contributed by atoms with Crippen LogP contribution in [0.15, 0.2) is 132 Å². The third-order valence-electron chi connectivity index (χ3n) is 17.9. The molecule has 4 fully saturated rings. The van der Waals surface area contributed by atoms with E-state index in [0.717, 1.165) is 52.7 Å². The lowest BCUT2D eigenvalue weighted by Gasteiger charge is -2.32. The van der Waals surface area contributed by atoms with Crippen molar-refractivity contribution < 1.29 is 101 Å². The molecule has 2 N–H and O–H groups in total. The molecule has 4 saturated heterocycles. The number of halogens is 9. The summed E-state index contributed by atoms with van der Waals surface area (Å²) >= 11 is 3.37. The minimum atomic E-state index is -0.766. The third-order valence-corrected chi connectivity index (χ3v) is 18.4. The van der Waals surface area contributed by atoms with Crippen molar-refractivity contribution in [2.75, 3.05) is 74.0 Å². The Labute approximate surface area is 646 Å². The van der Waals surface area contributed by atoms with Gasteiger partial charge in [0, 0.05) is 59.2 Å². The number of cyclic esters (lactones) is 3. The molecule has 0 bridgehead atoms. The molecule has 3 atom stereocenters. The van der Waals surface area contributed by atoms with E-state index in [1.807, 2.05) is 118 Å². The predicted molar refractivity (Wildman–Crippen MR) is 406 cm³/mol. The molecular weight excluding hydrogens is 1500 g/mol. The van der Waals surface area contributed by atoms with Crippen molar-refractivity contribution in [1.29, 1.82) is 0 Å². The number of hydrogen-bond donors (Lipinski definition) is 1. The molecule has 0 aromatic heterocycles. The number of hydrogen-bond acceptors (Lipinski definition) is 12. The zero-order valence-electron chi connectivity index (χ0n) is 63.3. The van der Waals surface area contributed by atoms with Crippen LogP contribution >= 0.6 is 28.3 Å². The van der Waals surface area contributed by atoms with E-state index >= 15 is 0 Å². The topological polar surface area (TPSA) is 183 Å². The Morgan fingerprint density at radius 3 is 1.21 bits per heavy atom. The van der Waals surface area contributed by atoms with Crippen molar-refractivity contribution in [3.63, 3.8) is 0 Å². The first-order valence-corrected chi connectivity index (χ1v) is 36.6. The van der Waals surface area contributed by atoms with Gasteiger partial charge in [0.05, 0.1) is 74.5 Å². The van der Waals surface area contributed by atoms with E-state index in [-0.39, 0.29) is 75.1 Å². The third kappa shape index (κ3) is 26.2. The van der Waals surface area contributed by atoms with Gasteiger partial charge in [-0.2, -0.15) is 0 Å². The Bertz CT molecular complexity index is 3850. The Morgan fingerprint density at radius 1 is 0.533 bits per heavy atom. The van der Waals surface area contributed by atoms with Gasteiger partial charge in [-0.3, -0.25) is 27.9 Å². The van der Waals surface area contributed by atoms with Crippen molar-refractivity contribution in [3.8, 4) is 22.3 Å². The monoisotopic (exact) mass is 1600 g/mol. The fourth-order valence-corrected chi connectivity index (χ4v) is 11.5. The SMILES string of the molecule is CC(C)(C)OC(=O)N(CCCF)Cc1ccc(Br)cc1.CC[C@H]1CN(c2ccc(-c3ccc(CN(CCCF)C(=O)OC(C)(C)C)cc3)c(F)c2)C(=O)O1.CC[C@H]1CN(c2ccc(-c3ccc(C[NH2+]CCCF)cc3)c(F)c2)C(=O)O1.CC[C@H]1CN(c2ccc(B3OC(C)(C)C(C)(C)O3)c(F)c2)C(=O)O1.Cl.[Cl-]. The van der Waals surface area contributed by atoms with Crippen LogP contribution in [0.5, 0.6) is 0 Å². The number of benzene rings is 6. The molecule has 4 aliphatic heterocycles. The maximum absolute atomic E-state index is 14.9. The van der Waals surface area contributed by atoms with Crippen LogP contribution in [-0.2, 0) is 52.6 Å². The lowest BCUT2D eigenvalue weighted by Crippen LogP contribution is -3.00. The van der Waals surface area contributed by atoms with Crippen LogP contribution in [0.3, 0.4) is 0 Å². The number of nitrogens with two attached hydrogens (primary N) is 1. The molecule has 6 aromatic carbocycles. The van der Waals surface area contributed by atoms with Gasteiger partial charge in [0.15, 0.2) is 0 Å².